The maximum Gasteiger partial charge on any atom is 0.258 e. The van der Waals surface area contributed by atoms with Gasteiger partial charge in [-0.25, -0.2) is 0 Å². The van der Waals surface area contributed by atoms with E-state index < -0.39 is 0 Å². The Bertz CT molecular complexity index is 1370. The summed E-state index contributed by atoms with van der Waals surface area (Å²) in [5.41, 5.74) is 4.32. The van der Waals surface area contributed by atoms with Crippen LogP contribution in [-0.2, 0) is 4.79 Å². The van der Waals surface area contributed by atoms with Crippen LogP contribution in [0.5, 0.6) is 0 Å². The van der Waals surface area contributed by atoms with Crippen LogP contribution in [0.15, 0.2) is 66.7 Å². The van der Waals surface area contributed by atoms with E-state index in [0.717, 1.165) is 62.1 Å². The van der Waals surface area contributed by atoms with Gasteiger partial charge in [0.1, 0.15) is 6.29 Å². The van der Waals surface area contributed by atoms with Crippen LogP contribution in [0.25, 0.3) is 0 Å². The molecule has 3 aromatic rings. The molecule has 0 N–H and O–H groups in total. The molecule has 0 bridgehead atoms. The SMILES string of the molecule is CCN(CC)CCN(C)C(C=O)C1CCCN(C(=O)c2ccc(C(=O)c3ccccc3C)cc2)c2ccc(Cl)cc21. The molecule has 3 aromatic carbocycles. The van der Waals surface area contributed by atoms with Crippen LogP contribution in [0.3, 0.4) is 0 Å². The summed E-state index contributed by atoms with van der Waals surface area (Å²) < 4.78 is 0. The molecule has 2 unspecified atom stereocenters. The molecule has 0 spiro atoms. The summed E-state index contributed by atoms with van der Waals surface area (Å²) in [6.07, 6.45) is 2.56. The van der Waals surface area contributed by atoms with Crippen molar-refractivity contribution < 1.29 is 14.4 Å². The van der Waals surface area contributed by atoms with E-state index in [1.807, 2.05) is 50.4 Å². The molecule has 4 rings (SSSR count). The quantitative estimate of drug-likeness (QED) is 0.201. The van der Waals surface area contributed by atoms with Gasteiger partial charge in [-0.2, -0.15) is 0 Å². The second-order valence-electron chi connectivity index (χ2n) is 10.8. The number of halogens is 1. The van der Waals surface area contributed by atoms with Crippen molar-refractivity contribution in [3.63, 3.8) is 0 Å². The largest absolute Gasteiger partial charge is 0.308 e. The van der Waals surface area contributed by atoms with E-state index in [2.05, 4.69) is 23.6 Å². The van der Waals surface area contributed by atoms with Crippen LogP contribution in [0, 0.1) is 6.92 Å². The number of carbonyl (C=O) groups excluding carboxylic acids is 3. The Morgan fingerprint density at radius 2 is 1.68 bits per heavy atom. The highest BCUT2D eigenvalue weighted by Gasteiger charge is 2.33. The molecular weight excluding hydrogens is 534 g/mol. The lowest BCUT2D eigenvalue weighted by Crippen LogP contribution is -2.42. The molecule has 0 radical (unpaired) electrons. The Labute approximate surface area is 248 Å². The molecule has 1 heterocycles. The number of nitrogens with zero attached hydrogens (tertiary/aromatic N) is 3. The highest BCUT2D eigenvalue weighted by molar-refractivity contribution is 6.30. The number of amides is 1. The van der Waals surface area contributed by atoms with Gasteiger partial charge in [0, 0.05) is 53.0 Å². The van der Waals surface area contributed by atoms with E-state index in [4.69, 9.17) is 11.6 Å². The maximum absolute atomic E-state index is 13.9. The van der Waals surface area contributed by atoms with Crippen molar-refractivity contribution in [3.8, 4) is 0 Å². The first-order chi connectivity index (χ1) is 19.8. The van der Waals surface area contributed by atoms with Crippen molar-refractivity contribution >= 4 is 35.3 Å². The van der Waals surface area contributed by atoms with Gasteiger partial charge in [-0.05, 0) is 81.4 Å². The summed E-state index contributed by atoms with van der Waals surface area (Å²) in [6.45, 7) is 10.3. The lowest BCUT2D eigenvalue weighted by molar-refractivity contribution is -0.112. The predicted molar refractivity (Wildman–Crippen MR) is 166 cm³/mol. The number of hydrogen-bond donors (Lipinski definition) is 0. The Kier molecular flexibility index (Phi) is 10.5. The number of carbonyl (C=O) groups is 3. The smallest absolute Gasteiger partial charge is 0.258 e. The minimum Gasteiger partial charge on any atom is -0.308 e. The molecule has 0 saturated carbocycles. The first kappa shape index (κ1) is 30.6. The Balaban J connectivity index is 1.59. The second-order valence-corrected chi connectivity index (χ2v) is 11.2. The van der Waals surface area contributed by atoms with E-state index in [0.29, 0.717) is 28.3 Å². The molecule has 0 saturated heterocycles. The van der Waals surface area contributed by atoms with Gasteiger partial charge in [0.2, 0.25) is 0 Å². The zero-order valence-electron chi connectivity index (χ0n) is 24.5. The average molecular weight is 574 g/mol. The third-order valence-electron chi connectivity index (χ3n) is 8.33. The summed E-state index contributed by atoms with van der Waals surface area (Å²) in [7, 11) is 2.00. The summed E-state index contributed by atoms with van der Waals surface area (Å²) in [4.78, 5) is 45.7. The number of aryl methyl sites for hydroxylation is 1. The van der Waals surface area contributed by atoms with E-state index in [1.165, 1.54) is 0 Å². The summed E-state index contributed by atoms with van der Waals surface area (Å²) in [5, 5.41) is 0.581. The highest BCUT2D eigenvalue weighted by atomic mass is 35.5. The molecule has 1 aliphatic heterocycles. The van der Waals surface area contributed by atoms with Crippen LogP contribution < -0.4 is 4.90 Å². The second kappa shape index (κ2) is 14.0. The third-order valence-corrected chi connectivity index (χ3v) is 8.56. The normalized spacial score (nSPS) is 15.9. The van der Waals surface area contributed by atoms with E-state index in [1.54, 1.807) is 35.2 Å². The third kappa shape index (κ3) is 6.95. The molecule has 41 heavy (non-hydrogen) atoms. The molecule has 0 aliphatic carbocycles. The first-order valence-corrected chi connectivity index (χ1v) is 14.9. The minimum absolute atomic E-state index is 0.0651. The monoisotopic (exact) mass is 573 g/mol. The molecule has 1 aliphatic rings. The topological polar surface area (TPSA) is 60.9 Å². The van der Waals surface area contributed by atoms with Crippen LogP contribution in [-0.4, -0.2) is 73.6 Å². The number of aldehydes is 1. The standard InChI is InChI=1S/C34H40ClN3O3/c1-5-37(6-2)21-20-36(4)32(23-39)29-12-9-19-38(31-18-17-27(35)22-30(29)31)34(41)26-15-13-25(14-16-26)33(40)28-11-8-7-10-24(28)3/h7-8,10-11,13-18,22-23,29,32H,5-6,9,12,19-21H2,1-4H3. The molecule has 2 atom stereocenters. The van der Waals surface area contributed by atoms with Crippen molar-refractivity contribution in [3.05, 3.63) is 99.6 Å². The van der Waals surface area contributed by atoms with E-state index >= 15 is 0 Å². The Morgan fingerprint density at radius 3 is 2.34 bits per heavy atom. The average Bonchev–Trinajstić information content (AvgIpc) is 3.17. The number of hydrogen-bond acceptors (Lipinski definition) is 5. The molecule has 0 aromatic heterocycles. The highest BCUT2D eigenvalue weighted by Crippen LogP contribution is 2.39. The lowest BCUT2D eigenvalue weighted by Gasteiger charge is -2.33. The van der Waals surface area contributed by atoms with E-state index in [-0.39, 0.29) is 23.7 Å². The number of ketones is 1. The van der Waals surface area contributed by atoms with Gasteiger partial charge in [0.05, 0.1) is 6.04 Å². The fraction of sp³-hybridized carbons (Fsp3) is 0.382. The summed E-state index contributed by atoms with van der Waals surface area (Å²) >= 11 is 6.47. The van der Waals surface area contributed by atoms with Crippen molar-refractivity contribution in [1.29, 1.82) is 0 Å². The molecule has 1 amide bonds. The van der Waals surface area contributed by atoms with Crippen LogP contribution in [0.2, 0.25) is 5.02 Å². The van der Waals surface area contributed by atoms with Crippen molar-refractivity contribution in [2.45, 2.75) is 45.6 Å². The number of likely N-dealkylation sites (N-methyl/N-ethyl adjacent to an activating group) is 2. The first-order valence-electron chi connectivity index (χ1n) is 14.5. The Hall–Kier alpha value is -3.32. The number of fused-ring (bicyclic) bond motifs is 1. The van der Waals surface area contributed by atoms with Crippen LogP contribution in [0.1, 0.15) is 70.0 Å². The van der Waals surface area contributed by atoms with Crippen LogP contribution in [0.4, 0.5) is 5.69 Å². The minimum atomic E-state index is -0.329. The molecule has 216 valence electrons. The van der Waals surface area contributed by atoms with Crippen molar-refractivity contribution in [2.24, 2.45) is 0 Å². The number of benzene rings is 3. The van der Waals surface area contributed by atoms with Crippen molar-refractivity contribution in [2.75, 3.05) is 44.7 Å². The van der Waals surface area contributed by atoms with Gasteiger partial charge in [-0.15, -0.1) is 0 Å². The van der Waals surface area contributed by atoms with Gasteiger partial charge in [-0.3, -0.25) is 14.5 Å². The summed E-state index contributed by atoms with van der Waals surface area (Å²) in [6, 6.07) is 19.7. The summed E-state index contributed by atoms with van der Waals surface area (Å²) in [5.74, 6) is -0.291. The fourth-order valence-corrected chi connectivity index (χ4v) is 5.96. The van der Waals surface area contributed by atoms with E-state index in [9.17, 15) is 14.4 Å². The zero-order valence-corrected chi connectivity index (χ0v) is 25.2. The zero-order chi connectivity index (χ0) is 29.5. The van der Waals surface area contributed by atoms with Gasteiger partial charge >= 0.3 is 0 Å². The van der Waals surface area contributed by atoms with Gasteiger partial charge < -0.3 is 14.6 Å². The molecule has 7 heteroatoms. The predicted octanol–water partition coefficient (Wildman–Crippen LogP) is 6.24. The Morgan fingerprint density at radius 1 is 1.00 bits per heavy atom. The van der Waals surface area contributed by atoms with Crippen molar-refractivity contribution in [1.82, 2.24) is 9.80 Å². The molecular formula is C34H40ClN3O3. The fourth-order valence-electron chi connectivity index (χ4n) is 5.78. The van der Waals surface area contributed by atoms with Gasteiger partial charge in [0.15, 0.2) is 5.78 Å². The van der Waals surface area contributed by atoms with Crippen LogP contribution >= 0.6 is 11.6 Å². The molecule has 6 nitrogen and oxygen atoms in total. The number of anilines is 1. The number of rotatable bonds is 11. The lowest BCUT2D eigenvalue weighted by atomic mass is 9.87. The maximum atomic E-state index is 13.9. The van der Waals surface area contributed by atoms with Gasteiger partial charge in [0.25, 0.3) is 5.91 Å². The molecule has 0 fully saturated rings. The van der Waals surface area contributed by atoms with Gasteiger partial charge in [-0.1, -0.05) is 61.8 Å².